The van der Waals surface area contributed by atoms with Crippen molar-refractivity contribution >= 4 is 16.7 Å². The first-order valence-electron chi connectivity index (χ1n) is 8.51. The van der Waals surface area contributed by atoms with Crippen molar-refractivity contribution in [1.29, 1.82) is 0 Å². The number of rotatable bonds is 5. The fourth-order valence-corrected chi connectivity index (χ4v) is 3.08. The molecule has 0 unspecified atom stereocenters. The molecule has 0 bridgehead atoms. The molecule has 3 aromatic rings. The highest BCUT2D eigenvalue weighted by Gasteiger charge is 2.12. The van der Waals surface area contributed by atoms with Crippen LogP contribution in [-0.4, -0.2) is 12.5 Å². The minimum absolute atomic E-state index is 0.00753. The molecule has 0 aliphatic heterocycles. The monoisotopic (exact) mass is 333 g/mol. The highest BCUT2D eigenvalue weighted by atomic mass is 16.5. The first-order chi connectivity index (χ1) is 12.0. The van der Waals surface area contributed by atoms with Gasteiger partial charge in [0.15, 0.2) is 6.61 Å². The summed E-state index contributed by atoms with van der Waals surface area (Å²) in [6, 6.07) is 20.1. The topological polar surface area (TPSA) is 38.3 Å². The molecule has 3 rings (SSSR count). The van der Waals surface area contributed by atoms with Gasteiger partial charge in [-0.05, 0) is 54.8 Å². The van der Waals surface area contributed by atoms with E-state index in [0.29, 0.717) is 5.75 Å². The highest BCUT2D eigenvalue weighted by Crippen LogP contribution is 2.21. The van der Waals surface area contributed by atoms with Crippen LogP contribution in [0.4, 0.5) is 0 Å². The van der Waals surface area contributed by atoms with Gasteiger partial charge in [-0.25, -0.2) is 0 Å². The maximum absolute atomic E-state index is 12.2. The van der Waals surface area contributed by atoms with E-state index in [-0.39, 0.29) is 18.6 Å². The van der Waals surface area contributed by atoms with Gasteiger partial charge in [0.2, 0.25) is 0 Å². The van der Waals surface area contributed by atoms with E-state index in [1.165, 1.54) is 11.1 Å². The Labute approximate surface area is 148 Å². The second kappa shape index (κ2) is 7.39. The molecule has 3 heteroatoms. The van der Waals surface area contributed by atoms with Crippen molar-refractivity contribution in [3.63, 3.8) is 0 Å². The number of fused-ring (bicyclic) bond motifs is 1. The molecule has 0 saturated heterocycles. The lowest BCUT2D eigenvalue weighted by Crippen LogP contribution is -2.31. The van der Waals surface area contributed by atoms with Crippen molar-refractivity contribution < 1.29 is 9.53 Å². The van der Waals surface area contributed by atoms with Crippen LogP contribution in [-0.2, 0) is 4.79 Å². The van der Waals surface area contributed by atoms with Gasteiger partial charge in [0.1, 0.15) is 5.75 Å². The van der Waals surface area contributed by atoms with Crippen LogP contribution in [0.25, 0.3) is 10.8 Å². The number of ether oxygens (including phenoxy) is 1. The lowest BCUT2D eigenvalue weighted by molar-refractivity contribution is -0.123. The highest BCUT2D eigenvalue weighted by molar-refractivity contribution is 5.84. The minimum Gasteiger partial charge on any atom is -0.484 e. The molecule has 0 radical (unpaired) electrons. The van der Waals surface area contributed by atoms with Crippen molar-refractivity contribution in [1.82, 2.24) is 5.32 Å². The van der Waals surface area contributed by atoms with Gasteiger partial charge in [0, 0.05) is 0 Å². The standard InChI is InChI=1S/C22H23NO2/c1-15-8-11-21(16(2)12-15)17(3)23-22(24)14-25-20-10-9-18-6-4-5-7-19(18)13-20/h4-13,17H,14H2,1-3H3,(H,23,24)/t17-/m1/s1. The van der Waals surface area contributed by atoms with Crippen molar-refractivity contribution in [2.75, 3.05) is 6.61 Å². The van der Waals surface area contributed by atoms with Gasteiger partial charge in [0.25, 0.3) is 5.91 Å². The lowest BCUT2D eigenvalue weighted by atomic mass is 10.0. The normalized spacial score (nSPS) is 12.0. The Kier molecular flexibility index (Phi) is 5.03. The molecule has 0 aliphatic carbocycles. The van der Waals surface area contributed by atoms with Crippen molar-refractivity contribution in [2.45, 2.75) is 26.8 Å². The Morgan fingerprint density at radius 1 is 1.00 bits per heavy atom. The number of carbonyl (C=O) groups is 1. The molecule has 0 heterocycles. The number of amides is 1. The van der Waals surface area contributed by atoms with Gasteiger partial charge in [0.05, 0.1) is 6.04 Å². The minimum atomic E-state index is -0.124. The van der Waals surface area contributed by atoms with E-state index >= 15 is 0 Å². The van der Waals surface area contributed by atoms with Gasteiger partial charge >= 0.3 is 0 Å². The van der Waals surface area contributed by atoms with E-state index in [1.807, 2.05) is 43.3 Å². The molecule has 3 nitrogen and oxygen atoms in total. The Morgan fingerprint density at radius 3 is 2.52 bits per heavy atom. The summed E-state index contributed by atoms with van der Waals surface area (Å²) in [5, 5.41) is 5.26. The molecule has 0 saturated carbocycles. The van der Waals surface area contributed by atoms with Crippen LogP contribution in [0.5, 0.6) is 5.75 Å². The molecule has 1 N–H and O–H groups in total. The van der Waals surface area contributed by atoms with Gasteiger partial charge in [-0.2, -0.15) is 0 Å². The summed E-state index contributed by atoms with van der Waals surface area (Å²) in [5.74, 6) is 0.577. The zero-order chi connectivity index (χ0) is 17.8. The molecule has 0 aliphatic rings. The van der Waals surface area contributed by atoms with E-state index in [9.17, 15) is 4.79 Å². The zero-order valence-electron chi connectivity index (χ0n) is 14.9. The third kappa shape index (κ3) is 4.18. The van der Waals surface area contributed by atoms with Crippen LogP contribution in [0.3, 0.4) is 0 Å². The van der Waals surface area contributed by atoms with E-state index < -0.39 is 0 Å². The van der Waals surface area contributed by atoms with E-state index in [2.05, 4.69) is 43.4 Å². The average Bonchev–Trinajstić information content (AvgIpc) is 2.59. The maximum atomic E-state index is 12.2. The summed E-state index contributed by atoms with van der Waals surface area (Å²) in [6.45, 7) is 6.13. The van der Waals surface area contributed by atoms with Crippen LogP contribution in [0.2, 0.25) is 0 Å². The average molecular weight is 333 g/mol. The predicted molar refractivity (Wildman–Crippen MR) is 102 cm³/mol. The van der Waals surface area contributed by atoms with Gasteiger partial charge in [-0.15, -0.1) is 0 Å². The summed E-state index contributed by atoms with van der Waals surface area (Å²) < 4.78 is 5.65. The maximum Gasteiger partial charge on any atom is 0.258 e. The Bertz CT molecular complexity index is 901. The molecule has 128 valence electrons. The third-order valence-electron chi connectivity index (χ3n) is 4.36. The second-order valence-electron chi connectivity index (χ2n) is 6.45. The smallest absolute Gasteiger partial charge is 0.258 e. The molecule has 3 aromatic carbocycles. The molecular weight excluding hydrogens is 310 g/mol. The van der Waals surface area contributed by atoms with Crippen LogP contribution in [0, 0.1) is 13.8 Å². The number of hydrogen-bond acceptors (Lipinski definition) is 2. The summed E-state index contributed by atoms with van der Waals surface area (Å²) in [6.07, 6.45) is 0. The summed E-state index contributed by atoms with van der Waals surface area (Å²) >= 11 is 0. The Morgan fingerprint density at radius 2 is 1.76 bits per heavy atom. The van der Waals surface area contributed by atoms with Gasteiger partial charge < -0.3 is 10.1 Å². The largest absolute Gasteiger partial charge is 0.484 e. The first kappa shape index (κ1) is 17.0. The zero-order valence-corrected chi connectivity index (χ0v) is 14.9. The molecule has 0 fully saturated rings. The quantitative estimate of drug-likeness (QED) is 0.734. The van der Waals surface area contributed by atoms with Crippen LogP contribution in [0.15, 0.2) is 60.7 Å². The van der Waals surface area contributed by atoms with Crippen molar-refractivity contribution in [3.05, 3.63) is 77.4 Å². The third-order valence-corrected chi connectivity index (χ3v) is 4.36. The number of carbonyl (C=O) groups excluding carboxylic acids is 1. The molecule has 0 aromatic heterocycles. The van der Waals surface area contributed by atoms with Crippen LogP contribution < -0.4 is 10.1 Å². The number of aryl methyl sites for hydroxylation is 2. The van der Waals surface area contributed by atoms with Gasteiger partial charge in [-0.1, -0.05) is 54.1 Å². The molecular formula is C22H23NO2. The number of nitrogens with one attached hydrogen (secondary N) is 1. The van der Waals surface area contributed by atoms with Crippen molar-refractivity contribution in [3.8, 4) is 5.75 Å². The Balaban J connectivity index is 1.60. The van der Waals surface area contributed by atoms with Crippen molar-refractivity contribution in [2.24, 2.45) is 0 Å². The Hall–Kier alpha value is -2.81. The molecule has 0 spiro atoms. The summed E-state index contributed by atoms with van der Waals surface area (Å²) in [7, 11) is 0. The fourth-order valence-electron chi connectivity index (χ4n) is 3.08. The molecule has 25 heavy (non-hydrogen) atoms. The number of hydrogen-bond donors (Lipinski definition) is 1. The van der Waals surface area contributed by atoms with E-state index in [1.54, 1.807) is 0 Å². The predicted octanol–water partition coefficient (Wildman–Crippen LogP) is 4.71. The van der Waals surface area contributed by atoms with E-state index in [4.69, 9.17) is 4.74 Å². The second-order valence-corrected chi connectivity index (χ2v) is 6.45. The van der Waals surface area contributed by atoms with E-state index in [0.717, 1.165) is 16.3 Å². The molecule has 1 atom stereocenters. The number of benzene rings is 3. The lowest BCUT2D eigenvalue weighted by Gasteiger charge is -2.17. The van der Waals surface area contributed by atoms with Crippen LogP contribution in [0.1, 0.15) is 29.7 Å². The first-order valence-corrected chi connectivity index (χ1v) is 8.51. The van der Waals surface area contributed by atoms with Crippen LogP contribution >= 0.6 is 0 Å². The summed E-state index contributed by atoms with van der Waals surface area (Å²) in [5.41, 5.74) is 3.53. The summed E-state index contributed by atoms with van der Waals surface area (Å²) in [4.78, 5) is 12.2. The fraction of sp³-hybridized carbons (Fsp3) is 0.227. The van der Waals surface area contributed by atoms with Gasteiger partial charge in [-0.3, -0.25) is 4.79 Å². The molecule has 1 amide bonds. The SMILES string of the molecule is Cc1ccc([C@@H](C)NC(=O)COc2ccc3ccccc3c2)c(C)c1.